The number of anilines is 1. The standard InChI is InChI=1S/C15H18N2O3/c1-20-13-6-9(8-16)2-5-12(13)17-14(18)10-3-4-11(7-10)15(17)19/h2,5-6,10-11H,3-4,7-8,16H2,1H3. The normalized spacial score (nSPS) is 25.2. The minimum Gasteiger partial charge on any atom is -0.495 e. The third-order valence-electron chi connectivity index (χ3n) is 4.29. The maximum Gasteiger partial charge on any atom is 0.237 e. The zero-order valence-electron chi connectivity index (χ0n) is 11.5. The number of carbonyl (C=O) groups excluding carboxylic acids is 2. The third-order valence-corrected chi connectivity index (χ3v) is 4.29. The molecule has 1 heterocycles. The van der Waals surface area contributed by atoms with E-state index in [9.17, 15) is 9.59 Å². The molecule has 0 spiro atoms. The van der Waals surface area contributed by atoms with Crippen LogP contribution in [0.3, 0.4) is 0 Å². The topological polar surface area (TPSA) is 72.6 Å². The van der Waals surface area contributed by atoms with E-state index in [1.807, 2.05) is 6.07 Å². The summed E-state index contributed by atoms with van der Waals surface area (Å²) in [5, 5.41) is 0. The second kappa shape index (κ2) is 4.90. The molecular weight excluding hydrogens is 256 g/mol. The SMILES string of the molecule is COc1cc(CN)ccc1N1C(=O)C2CCC(C2)C1=O. The Morgan fingerprint density at radius 2 is 1.90 bits per heavy atom. The first-order valence-electron chi connectivity index (χ1n) is 6.90. The zero-order valence-corrected chi connectivity index (χ0v) is 11.5. The molecule has 0 radical (unpaired) electrons. The van der Waals surface area contributed by atoms with Crippen LogP contribution < -0.4 is 15.4 Å². The number of hydrogen-bond donors (Lipinski definition) is 1. The molecule has 1 aromatic rings. The average molecular weight is 274 g/mol. The van der Waals surface area contributed by atoms with E-state index < -0.39 is 0 Å². The van der Waals surface area contributed by atoms with Crippen LogP contribution in [0.2, 0.25) is 0 Å². The fraction of sp³-hybridized carbons (Fsp3) is 0.467. The summed E-state index contributed by atoms with van der Waals surface area (Å²) in [4.78, 5) is 26.2. The molecule has 1 saturated heterocycles. The summed E-state index contributed by atoms with van der Waals surface area (Å²) < 4.78 is 5.33. The van der Waals surface area contributed by atoms with Gasteiger partial charge in [0, 0.05) is 18.4 Å². The summed E-state index contributed by atoms with van der Waals surface area (Å²) in [6.07, 6.45) is 2.33. The predicted octanol–water partition coefficient (Wildman–Crippen LogP) is 1.44. The average Bonchev–Trinajstić information content (AvgIpc) is 2.93. The van der Waals surface area contributed by atoms with Crippen molar-refractivity contribution < 1.29 is 14.3 Å². The number of methoxy groups -OCH3 is 1. The third kappa shape index (κ3) is 1.89. The largest absolute Gasteiger partial charge is 0.495 e. The number of piperidine rings is 1. The summed E-state index contributed by atoms with van der Waals surface area (Å²) in [6.45, 7) is 0.393. The van der Waals surface area contributed by atoms with Crippen molar-refractivity contribution in [2.75, 3.05) is 12.0 Å². The number of benzene rings is 1. The number of imide groups is 1. The first-order chi connectivity index (χ1) is 9.65. The van der Waals surface area contributed by atoms with Crippen LogP contribution in [0.25, 0.3) is 0 Å². The van der Waals surface area contributed by atoms with Crippen molar-refractivity contribution in [2.24, 2.45) is 17.6 Å². The second-order valence-corrected chi connectivity index (χ2v) is 5.43. The Morgan fingerprint density at radius 3 is 2.45 bits per heavy atom. The van der Waals surface area contributed by atoms with E-state index in [4.69, 9.17) is 10.5 Å². The highest BCUT2D eigenvalue weighted by atomic mass is 16.5. The molecule has 3 rings (SSSR count). The molecule has 2 amide bonds. The molecule has 0 aromatic heterocycles. The Hall–Kier alpha value is -1.88. The van der Waals surface area contributed by atoms with Crippen molar-refractivity contribution in [3.8, 4) is 5.75 Å². The van der Waals surface area contributed by atoms with Crippen molar-refractivity contribution >= 4 is 17.5 Å². The molecule has 2 unspecified atom stereocenters. The van der Waals surface area contributed by atoms with Crippen molar-refractivity contribution in [1.82, 2.24) is 0 Å². The summed E-state index contributed by atoms with van der Waals surface area (Å²) >= 11 is 0. The van der Waals surface area contributed by atoms with Gasteiger partial charge in [-0.2, -0.15) is 0 Å². The quantitative estimate of drug-likeness (QED) is 0.847. The molecule has 1 saturated carbocycles. The van der Waals surface area contributed by atoms with Crippen LogP contribution in [0, 0.1) is 11.8 Å². The molecule has 5 heteroatoms. The zero-order chi connectivity index (χ0) is 14.3. The molecule has 1 aliphatic heterocycles. The fourth-order valence-corrected chi connectivity index (χ4v) is 3.18. The number of carbonyl (C=O) groups is 2. The molecule has 2 aliphatic rings. The summed E-state index contributed by atoms with van der Waals surface area (Å²) in [5.74, 6) is 0.300. The van der Waals surface area contributed by atoms with E-state index in [0.717, 1.165) is 18.4 Å². The first-order valence-corrected chi connectivity index (χ1v) is 6.90. The van der Waals surface area contributed by atoms with Crippen LogP contribution in [0.4, 0.5) is 5.69 Å². The predicted molar refractivity (Wildman–Crippen MR) is 74.2 cm³/mol. The van der Waals surface area contributed by atoms with Gasteiger partial charge in [0.15, 0.2) is 0 Å². The lowest BCUT2D eigenvalue weighted by atomic mass is 9.96. The van der Waals surface area contributed by atoms with E-state index >= 15 is 0 Å². The van der Waals surface area contributed by atoms with Crippen molar-refractivity contribution in [1.29, 1.82) is 0 Å². The van der Waals surface area contributed by atoms with Crippen LogP contribution in [0.5, 0.6) is 5.75 Å². The lowest BCUT2D eigenvalue weighted by Gasteiger charge is -2.30. The number of amides is 2. The maximum absolute atomic E-state index is 12.4. The Labute approximate surface area is 117 Å². The Bertz CT molecular complexity index is 548. The van der Waals surface area contributed by atoms with Gasteiger partial charge in [-0.05, 0) is 37.0 Å². The lowest BCUT2D eigenvalue weighted by molar-refractivity contribution is -0.133. The number of nitrogens with zero attached hydrogens (tertiary/aromatic N) is 1. The van der Waals surface area contributed by atoms with E-state index in [0.29, 0.717) is 24.4 Å². The Balaban J connectivity index is 2.03. The van der Waals surface area contributed by atoms with Gasteiger partial charge in [0.25, 0.3) is 0 Å². The van der Waals surface area contributed by atoms with E-state index in [1.54, 1.807) is 12.1 Å². The molecule has 2 bridgehead atoms. The summed E-state index contributed by atoms with van der Waals surface area (Å²) in [5.41, 5.74) is 7.05. The Kier molecular flexibility index (Phi) is 3.22. The molecule has 1 aromatic carbocycles. The van der Waals surface area contributed by atoms with Crippen LogP contribution in [0.15, 0.2) is 18.2 Å². The lowest BCUT2D eigenvalue weighted by Crippen LogP contribution is -2.46. The summed E-state index contributed by atoms with van der Waals surface area (Å²) in [7, 11) is 1.53. The highest BCUT2D eigenvalue weighted by Crippen LogP contribution is 2.42. The number of hydrogen-bond acceptors (Lipinski definition) is 4. The maximum atomic E-state index is 12.4. The van der Waals surface area contributed by atoms with Gasteiger partial charge in [-0.15, -0.1) is 0 Å². The van der Waals surface area contributed by atoms with E-state index in [1.165, 1.54) is 12.0 Å². The molecule has 5 nitrogen and oxygen atoms in total. The molecular formula is C15H18N2O3. The highest BCUT2D eigenvalue weighted by molar-refractivity contribution is 6.19. The van der Waals surface area contributed by atoms with Gasteiger partial charge < -0.3 is 10.5 Å². The van der Waals surface area contributed by atoms with E-state index in [-0.39, 0.29) is 23.7 Å². The smallest absolute Gasteiger partial charge is 0.237 e. The van der Waals surface area contributed by atoms with Crippen LogP contribution in [-0.4, -0.2) is 18.9 Å². The molecule has 1 aliphatic carbocycles. The molecule has 106 valence electrons. The van der Waals surface area contributed by atoms with Crippen LogP contribution >= 0.6 is 0 Å². The number of fused-ring (bicyclic) bond motifs is 2. The van der Waals surface area contributed by atoms with Gasteiger partial charge in [0.1, 0.15) is 5.75 Å². The van der Waals surface area contributed by atoms with Gasteiger partial charge in [0.2, 0.25) is 11.8 Å². The molecule has 2 fully saturated rings. The molecule has 2 N–H and O–H groups in total. The first kappa shape index (κ1) is 13.1. The minimum absolute atomic E-state index is 0.0170. The summed E-state index contributed by atoms with van der Waals surface area (Å²) in [6, 6.07) is 5.36. The molecule has 20 heavy (non-hydrogen) atoms. The molecule has 2 atom stereocenters. The Morgan fingerprint density at radius 1 is 1.25 bits per heavy atom. The van der Waals surface area contributed by atoms with E-state index in [2.05, 4.69) is 0 Å². The van der Waals surface area contributed by atoms with Crippen LogP contribution in [-0.2, 0) is 16.1 Å². The van der Waals surface area contributed by atoms with Gasteiger partial charge >= 0.3 is 0 Å². The van der Waals surface area contributed by atoms with Gasteiger partial charge in [-0.3, -0.25) is 9.59 Å². The minimum atomic E-state index is -0.0949. The van der Waals surface area contributed by atoms with Gasteiger partial charge in [0.05, 0.1) is 12.8 Å². The van der Waals surface area contributed by atoms with Crippen molar-refractivity contribution in [2.45, 2.75) is 25.8 Å². The number of nitrogens with two attached hydrogens (primary N) is 1. The highest BCUT2D eigenvalue weighted by Gasteiger charge is 2.46. The van der Waals surface area contributed by atoms with Crippen molar-refractivity contribution in [3.05, 3.63) is 23.8 Å². The fourth-order valence-electron chi connectivity index (χ4n) is 3.18. The van der Waals surface area contributed by atoms with Gasteiger partial charge in [-0.25, -0.2) is 4.90 Å². The second-order valence-electron chi connectivity index (χ2n) is 5.43. The number of rotatable bonds is 3. The monoisotopic (exact) mass is 274 g/mol. The van der Waals surface area contributed by atoms with Crippen molar-refractivity contribution in [3.63, 3.8) is 0 Å². The number of ether oxygens (including phenoxy) is 1. The van der Waals surface area contributed by atoms with Gasteiger partial charge in [-0.1, -0.05) is 6.07 Å². The van der Waals surface area contributed by atoms with Crippen LogP contribution in [0.1, 0.15) is 24.8 Å².